The first-order chi connectivity index (χ1) is 26.9. The molecule has 5 aromatic rings. The van der Waals surface area contributed by atoms with Crippen LogP contribution in [0.2, 0.25) is 5.02 Å². The van der Waals surface area contributed by atoms with Gasteiger partial charge in [0.05, 0.1) is 17.5 Å². The number of phenolic OH excluding ortho intramolecular Hbond substituents is 1. The minimum atomic E-state index is -1.21. The van der Waals surface area contributed by atoms with Crippen molar-refractivity contribution in [1.82, 2.24) is 14.4 Å². The lowest BCUT2D eigenvalue weighted by atomic mass is 9.89. The number of nitrogens with zero attached hydrogens (tertiary/aromatic N) is 3. The number of carboxylic acid groups (broad SMARTS) is 1. The highest BCUT2D eigenvalue weighted by Crippen LogP contribution is 2.42. The molecule has 0 spiro atoms. The number of hydrogen-bond acceptors (Lipinski definition) is 7. The number of carboxylic acids is 1. The molecule has 0 atom stereocenters. The Morgan fingerprint density at radius 2 is 1.45 bits per heavy atom. The molecule has 2 N–H and O–H groups in total. The van der Waals surface area contributed by atoms with Crippen LogP contribution in [0.1, 0.15) is 47.9 Å². The predicted octanol–water partition coefficient (Wildman–Crippen LogP) is 7.41. The third kappa shape index (κ3) is 6.45. The van der Waals surface area contributed by atoms with Crippen LogP contribution in [0.25, 0.3) is 44.3 Å². The van der Waals surface area contributed by atoms with Crippen LogP contribution in [0, 0.1) is 13.8 Å². The van der Waals surface area contributed by atoms with Crippen molar-refractivity contribution in [2.24, 2.45) is 0 Å². The van der Waals surface area contributed by atoms with E-state index in [0.717, 1.165) is 16.5 Å². The molecule has 0 saturated carbocycles. The van der Waals surface area contributed by atoms with Gasteiger partial charge in [0.1, 0.15) is 17.1 Å². The number of rotatable bonds is 6. The molecule has 1 saturated heterocycles. The van der Waals surface area contributed by atoms with Crippen molar-refractivity contribution in [3.8, 4) is 28.2 Å². The molecule has 0 bridgehead atoms. The lowest BCUT2D eigenvalue weighted by Gasteiger charge is -2.35. The van der Waals surface area contributed by atoms with Gasteiger partial charge < -0.3 is 24.4 Å². The number of benzene rings is 5. The van der Waals surface area contributed by atoms with E-state index in [0.29, 0.717) is 38.3 Å². The van der Waals surface area contributed by atoms with E-state index in [1.165, 1.54) is 42.5 Å². The van der Waals surface area contributed by atoms with Crippen molar-refractivity contribution in [2.45, 2.75) is 20.3 Å². The van der Waals surface area contributed by atoms with Crippen LogP contribution in [0.4, 0.5) is 0 Å². The number of fused-ring (bicyclic) bond motifs is 3. The number of aromatic nitrogens is 1. The highest BCUT2D eigenvalue weighted by molar-refractivity contribution is 6.30. The van der Waals surface area contributed by atoms with Crippen LogP contribution in [0.15, 0.2) is 106 Å². The zero-order chi connectivity index (χ0) is 39.4. The fourth-order valence-electron chi connectivity index (χ4n) is 7.63. The topological polar surface area (TPSA) is 150 Å². The van der Waals surface area contributed by atoms with E-state index < -0.39 is 5.97 Å². The van der Waals surface area contributed by atoms with Gasteiger partial charge in [-0.3, -0.25) is 23.7 Å². The minimum Gasteiger partial charge on any atom is -0.508 e. The first-order valence-electron chi connectivity index (χ1n) is 17.9. The number of carbonyl (C=O) groups is 4. The molecule has 1 fully saturated rings. The van der Waals surface area contributed by atoms with E-state index >= 15 is 0 Å². The molecular formula is C44H34ClN3O8. The normalized spacial score (nSPS) is 13.1. The molecule has 12 heteroatoms. The summed E-state index contributed by atoms with van der Waals surface area (Å²) in [6.07, 6.45) is 0.0670. The van der Waals surface area contributed by atoms with Crippen molar-refractivity contribution >= 4 is 57.2 Å². The Hall–Kier alpha value is -6.72. The molecular weight excluding hydrogens is 734 g/mol. The van der Waals surface area contributed by atoms with E-state index in [-0.39, 0.29) is 89.5 Å². The van der Waals surface area contributed by atoms with Gasteiger partial charge >= 0.3 is 5.97 Å². The monoisotopic (exact) mass is 767 g/mol. The van der Waals surface area contributed by atoms with Crippen LogP contribution in [0.3, 0.4) is 0 Å². The van der Waals surface area contributed by atoms with Crippen molar-refractivity contribution in [2.75, 3.05) is 26.2 Å². The van der Waals surface area contributed by atoms with Crippen LogP contribution in [-0.4, -0.2) is 74.4 Å². The summed E-state index contributed by atoms with van der Waals surface area (Å²) in [7, 11) is 0. The molecule has 11 nitrogen and oxygen atoms in total. The maximum Gasteiger partial charge on any atom is 0.336 e. The summed E-state index contributed by atoms with van der Waals surface area (Å²) in [5.74, 6) is -1.78. The van der Waals surface area contributed by atoms with Crippen LogP contribution in [-0.2, 0) is 11.2 Å². The van der Waals surface area contributed by atoms with E-state index in [9.17, 15) is 34.2 Å². The van der Waals surface area contributed by atoms with Gasteiger partial charge in [-0.2, -0.15) is 0 Å². The third-order valence-electron chi connectivity index (χ3n) is 10.5. The fourth-order valence-corrected chi connectivity index (χ4v) is 7.75. The maximum absolute atomic E-state index is 14.0. The number of halogens is 1. The molecule has 56 heavy (non-hydrogen) atoms. The Balaban J connectivity index is 1.05. The van der Waals surface area contributed by atoms with Crippen molar-refractivity contribution in [3.05, 3.63) is 146 Å². The number of aryl methyl sites for hydroxylation is 1. The Bertz CT molecular complexity index is 2790. The summed E-state index contributed by atoms with van der Waals surface area (Å²) in [6, 6.07) is 25.5. The molecule has 1 aliphatic carbocycles. The van der Waals surface area contributed by atoms with Gasteiger partial charge in [-0.1, -0.05) is 23.2 Å². The fraction of sp³-hybridized carbons (Fsp3) is 0.159. The average Bonchev–Trinajstić information content (AvgIpc) is 3.45. The van der Waals surface area contributed by atoms with Gasteiger partial charge in [0.2, 0.25) is 5.91 Å². The number of aromatic hydroxyl groups is 1. The van der Waals surface area contributed by atoms with Crippen molar-refractivity contribution in [1.29, 1.82) is 0 Å². The zero-order valence-electron chi connectivity index (χ0n) is 30.3. The second-order valence-electron chi connectivity index (χ2n) is 14.0. The van der Waals surface area contributed by atoms with Crippen LogP contribution < -0.4 is 5.43 Å². The van der Waals surface area contributed by atoms with Crippen LogP contribution in [0.5, 0.6) is 5.75 Å². The van der Waals surface area contributed by atoms with Crippen molar-refractivity contribution < 1.29 is 33.8 Å². The Morgan fingerprint density at radius 3 is 2.18 bits per heavy atom. The molecule has 8 rings (SSSR count). The number of carbonyl (C=O) groups excluding carboxylic acids is 3. The highest BCUT2D eigenvalue weighted by atomic mass is 35.5. The molecule has 2 aliphatic heterocycles. The van der Waals surface area contributed by atoms with E-state index in [1.54, 1.807) is 50.8 Å². The van der Waals surface area contributed by atoms with Gasteiger partial charge in [-0.05, 0) is 104 Å². The Kier molecular flexibility index (Phi) is 9.17. The molecule has 280 valence electrons. The molecule has 0 unspecified atom stereocenters. The summed E-state index contributed by atoms with van der Waals surface area (Å²) < 4.78 is 7.58. The SMILES string of the molecule is Cc1ccc2c(c1)c(CC(=O)N1CCN(C(=O)c3ccc(C(=O)O)c(-c4c5ccc(=O)cc-5oc5cc(O)ccc45)c3)CC1)c(C)n2C(=O)c1ccc(Cl)cc1. The van der Waals surface area contributed by atoms with Gasteiger partial charge in [-0.15, -0.1) is 0 Å². The largest absolute Gasteiger partial charge is 0.508 e. The number of phenols is 1. The number of hydrogen-bond donors (Lipinski definition) is 2. The lowest BCUT2D eigenvalue weighted by Crippen LogP contribution is -2.51. The molecule has 3 heterocycles. The third-order valence-corrected chi connectivity index (χ3v) is 10.7. The Labute approximate surface area is 324 Å². The number of amides is 2. The number of aromatic carboxylic acids is 1. The maximum atomic E-state index is 14.0. The molecule has 2 amide bonds. The summed E-state index contributed by atoms with van der Waals surface area (Å²) in [5, 5.41) is 22.2. The van der Waals surface area contributed by atoms with Gasteiger partial charge in [0, 0.05) is 82.1 Å². The van der Waals surface area contributed by atoms with Crippen molar-refractivity contribution in [3.63, 3.8) is 0 Å². The van der Waals surface area contributed by atoms with E-state index in [4.69, 9.17) is 16.0 Å². The zero-order valence-corrected chi connectivity index (χ0v) is 31.1. The van der Waals surface area contributed by atoms with Gasteiger partial charge in [0.15, 0.2) is 5.43 Å². The van der Waals surface area contributed by atoms with Gasteiger partial charge in [-0.25, -0.2) is 4.79 Å². The summed E-state index contributed by atoms with van der Waals surface area (Å²) in [4.78, 5) is 69.7. The Morgan fingerprint density at radius 1 is 0.732 bits per heavy atom. The molecule has 1 aromatic heterocycles. The lowest BCUT2D eigenvalue weighted by molar-refractivity contribution is -0.131. The van der Waals surface area contributed by atoms with E-state index in [1.807, 2.05) is 32.0 Å². The first-order valence-corrected chi connectivity index (χ1v) is 18.3. The predicted molar refractivity (Wildman–Crippen MR) is 212 cm³/mol. The standard InChI is InChI=1S/C44H34ClN3O8/c1-24-3-14-37-35(19-24)34(25(2)48(37)43(53)26-4-7-28(45)8-5-26)23-40(51)46-15-17-47(18-16-46)42(52)27-6-11-31(44(54)55)36(20-27)41-32-12-9-29(49)21-38(32)56-39-22-30(50)10-13-33(39)41/h3-14,19-22,49H,15-18,23H2,1-2H3,(H,54,55). The van der Waals surface area contributed by atoms with E-state index in [2.05, 4.69) is 0 Å². The smallest absolute Gasteiger partial charge is 0.336 e. The molecule has 4 aromatic carbocycles. The average molecular weight is 768 g/mol. The summed E-state index contributed by atoms with van der Waals surface area (Å²) in [6.45, 7) is 4.85. The van der Waals surface area contributed by atoms with Gasteiger partial charge in [0.25, 0.3) is 11.8 Å². The number of piperazine rings is 1. The second kappa shape index (κ2) is 14.2. The first kappa shape index (κ1) is 36.3. The summed E-state index contributed by atoms with van der Waals surface area (Å²) >= 11 is 6.07. The molecule has 0 radical (unpaired) electrons. The van der Waals surface area contributed by atoms with Crippen LogP contribution >= 0.6 is 11.6 Å². The summed E-state index contributed by atoms with van der Waals surface area (Å²) in [5.41, 5.74) is 4.85. The minimum absolute atomic E-state index is 0.0632. The second-order valence-corrected chi connectivity index (χ2v) is 14.4. The quantitative estimate of drug-likeness (QED) is 0.166. The highest BCUT2D eigenvalue weighted by Gasteiger charge is 2.29. The molecule has 3 aliphatic rings.